The molecular weight excluding hydrogens is 480 g/mol. The topological polar surface area (TPSA) is 77.4 Å². The van der Waals surface area contributed by atoms with Gasteiger partial charge in [-0.15, -0.1) is 11.3 Å². The zero-order valence-electron chi connectivity index (χ0n) is 19.5. The Balaban J connectivity index is 1.43. The lowest BCUT2D eigenvalue weighted by atomic mass is 10.1. The quantitative estimate of drug-likeness (QED) is 0.227. The summed E-state index contributed by atoms with van der Waals surface area (Å²) in [7, 11) is 1.65. The zero-order valence-corrected chi connectivity index (χ0v) is 21.1. The van der Waals surface area contributed by atoms with E-state index in [-0.39, 0.29) is 5.97 Å². The number of methoxy groups -OCH3 is 1. The van der Waals surface area contributed by atoms with Gasteiger partial charge < -0.3 is 20.1 Å². The number of hydrogen-bond donors (Lipinski definition) is 2. The third-order valence-corrected chi connectivity index (χ3v) is 6.35. The predicted molar refractivity (Wildman–Crippen MR) is 144 cm³/mol. The molecule has 0 aliphatic rings. The second-order valence-corrected chi connectivity index (χ2v) is 9.24. The molecule has 0 bridgehead atoms. The molecule has 2 heterocycles. The molecule has 0 radical (unpaired) electrons. The number of anilines is 2. The lowest BCUT2D eigenvalue weighted by Crippen LogP contribution is -2.19. The normalized spacial score (nSPS) is 10.6. The molecule has 4 aromatic rings. The monoisotopic (exact) mass is 506 g/mol. The van der Waals surface area contributed by atoms with Crippen LogP contribution in [-0.2, 0) is 17.7 Å². The molecule has 2 aromatic heterocycles. The Labute approximate surface area is 213 Å². The Morgan fingerprint density at radius 2 is 1.89 bits per heavy atom. The lowest BCUT2D eigenvalue weighted by molar-refractivity contribution is 0.0528. The fraction of sp³-hybridized carbons (Fsp3) is 0.192. The van der Waals surface area contributed by atoms with Gasteiger partial charge in [0.05, 0.1) is 37.7 Å². The van der Waals surface area contributed by atoms with Crippen molar-refractivity contribution >= 4 is 45.3 Å². The minimum absolute atomic E-state index is 0.303. The lowest BCUT2D eigenvalue weighted by Gasteiger charge is -2.09. The van der Waals surface area contributed by atoms with Crippen molar-refractivity contribution in [1.29, 1.82) is 0 Å². The summed E-state index contributed by atoms with van der Waals surface area (Å²) in [4.78, 5) is 13.6. The third-order valence-electron chi connectivity index (χ3n) is 5.10. The van der Waals surface area contributed by atoms with E-state index in [9.17, 15) is 4.79 Å². The molecule has 7 nitrogen and oxygen atoms in total. The van der Waals surface area contributed by atoms with E-state index in [4.69, 9.17) is 21.7 Å². The molecule has 9 heteroatoms. The van der Waals surface area contributed by atoms with Crippen molar-refractivity contribution in [2.75, 3.05) is 24.4 Å². The van der Waals surface area contributed by atoms with Gasteiger partial charge in [0.15, 0.2) is 5.11 Å². The van der Waals surface area contributed by atoms with Gasteiger partial charge in [-0.25, -0.2) is 4.79 Å². The first-order chi connectivity index (χ1) is 17.0. The molecule has 2 aromatic carbocycles. The van der Waals surface area contributed by atoms with Crippen LogP contribution in [0.5, 0.6) is 5.75 Å². The fourth-order valence-corrected chi connectivity index (χ4v) is 4.89. The van der Waals surface area contributed by atoms with Crippen LogP contribution in [0, 0.1) is 0 Å². The van der Waals surface area contributed by atoms with Crippen LogP contribution < -0.4 is 15.4 Å². The van der Waals surface area contributed by atoms with E-state index in [2.05, 4.69) is 27.9 Å². The molecule has 2 N–H and O–H groups in total. The standard InChI is InChI=1S/C26H26N4O3S2/c1-3-33-25(31)23-14-22(13-18-8-5-4-6-9-18)35-24(23)29-26(34)28-20-15-27-30(17-20)16-19-10-7-11-21(12-19)32-2/h4-12,14-15,17H,3,13,16H2,1-2H3,(H2,28,29,34). The number of nitrogens with zero attached hydrogens (tertiary/aromatic N) is 2. The van der Waals surface area contributed by atoms with Gasteiger partial charge in [0.25, 0.3) is 0 Å². The molecule has 0 fully saturated rings. The average Bonchev–Trinajstić information content (AvgIpc) is 3.46. The summed E-state index contributed by atoms with van der Waals surface area (Å²) in [5, 5.41) is 11.7. The number of thiophene rings is 1. The number of carbonyl (C=O) groups excluding carboxylic acids is 1. The Kier molecular flexibility index (Phi) is 8.12. The number of nitrogens with one attached hydrogen (secondary N) is 2. The van der Waals surface area contributed by atoms with E-state index in [1.165, 1.54) is 16.9 Å². The molecule has 0 spiro atoms. The summed E-state index contributed by atoms with van der Waals surface area (Å²) in [6, 6.07) is 19.8. The largest absolute Gasteiger partial charge is 0.497 e. The van der Waals surface area contributed by atoms with E-state index in [1.807, 2.05) is 59.4 Å². The number of benzene rings is 2. The molecule has 0 saturated carbocycles. The van der Waals surface area contributed by atoms with Gasteiger partial charge in [0.2, 0.25) is 0 Å². The predicted octanol–water partition coefficient (Wildman–Crippen LogP) is 5.58. The van der Waals surface area contributed by atoms with Crippen LogP contribution in [0.25, 0.3) is 0 Å². The van der Waals surface area contributed by atoms with Gasteiger partial charge in [0.1, 0.15) is 10.8 Å². The van der Waals surface area contributed by atoms with Crippen molar-refractivity contribution < 1.29 is 14.3 Å². The third kappa shape index (κ3) is 6.68. The van der Waals surface area contributed by atoms with E-state index >= 15 is 0 Å². The van der Waals surface area contributed by atoms with Crippen molar-refractivity contribution in [3.63, 3.8) is 0 Å². The summed E-state index contributed by atoms with van der Waals surface area (Å²) >= 11 is 7.00. The highest BCUT2D eigenvalue weighted by molar-refractivity contribution is 7.80. The zero-order chi connectivity index (χ0) is 24.6. The maximum absolute atomic E-state index is 12.6. The Morgan fingerprint density at radius 3 is 2.66 bits per heavy atom. The van der Waals surface area contributed by atoms with Gasteiger partial charge in [-0.05, 0) is 48.5 Å². The van der Waals surface area contributed by atoms with E-state index in [0.717, 1.165) is 28.3 Å². The van der Waals surface area contributed by atoms with Crippen LogP contribution >= 0.6 is 23.6 Å². The van der Waals surface area contributed by atoms with E-state index < -0.39 is 0 Å². The molecule has 0 atom stereocenters. The maximum atomic E-state index is 12.6. The van der Waals surface area contributed by atoms with Gasteiger partial charge in [-0.2, -0.15) is 5.10 Å². The van der Waals surface area contributed by atoms with Crippen LogP contribution in [-0.4, -0.2) is 34.6 Å². The molecule has 35 heavy (non-hydrogen) atoms. The highest BCUT2D eigenvalue weighted by Gasteiger charge is 2.18. The average molecular weight is 507 g/mol. The van der Waals surface area contributed by atoms with Crippen molar-refractivity contribution in [3.05, 3.63) is 94.6 Å². The second-order valence-electron chi connectivity index (χ2n) is 7.70. The molecule has 0 amide bonds. The SMILES string of the molecule is CCOC(=O)c1cc(Cc2ccccc2)sc1NC(=S)Nc1cnn(Cc2cccc(OC)c2)c1. The number of hydrogen-bond acceptors (Lipinski definition) is 6. The first-order valence-electron chi connectivity index (χ1n) is 11.1. The van der Waals surface area contributed by atoms with Crippen molar-refractivity contribution in [2.24, 2.45) is 0 Å². The molecule has 4 rings (SSSR count). The first kappa shape index (κ1) is 24.4. The summed E-state index contributed by atoms with van der Waals surface area (Å²) in [6.07, 6.45) is 4.29. The second kappa shape index (κ2) is 11.6. The molecule has 0 aliphatic carbocycles. The summed E-state index contributed by atoms with van der Waals surface area (Å²) in [5.41, 5.74) is 3.45. The van der Waals surface area contributed by atoms with Crippen molar-refractivity contribution in [3.8, 4) is 5.75 Å². The molecular formula is C26H26N4O3S2. The number of aromatic nitrogens is 2. The summed E-state index contributed by atoms with van der Waals surface area (Å²) < 4.78 is 12.3. The Morgan fingerprint density at radius 1 is 1.09 bits per heavy atom. The minimum Gasteiger partial charge on any atom is -0.497 e. The van der Waals surface area contributed by atoms with Gasteiger partial charge >= 0.3 is 5.97 Å². The minimum atomic E-state index is -0.375. The number of thiocarbonyl (C=S) groups is 1. The highest BCUT2D eigenvalue weighted by atomic mass is 32.1. The number of rotatable bonds is 9. The number of ether oxygens (including phenoxy) is 2. The Bertz CT molecular complexity index is 1300. The molecule has 0 aliphatic heterocycles. The first-order valence-corrected chi connectivity index (χ1v) is 12.3. The summed E-state index contributed by atoms with van der Waals surface area (Å²) in [6.45, 7) is 2.69. The molecule has 0 unspecified atom stereocenters. The van der Waals surface area contributed by atoms with Gasteiger partial charge in [-0.3, -0.25) is 4.68 Å². The number of esters is 1. The smallest absolute Gasteiger partial charge is 0.341 e. The van der Waals surface area contributed by atoms with Crippen molar-refractivity contribution in [1.82, 2.24) is 9.78 Å². The van der Waals surface area contributed by atoms with Crippen LogP contribution in [0.2, 0.25) is 0 Å². The van der Waals surface area contributed by atoms with Crippen LogP contribution in [0.4, 0.5) is 10.7 Å². The van der Waals surface area contributed by atoms with Crippen LogP contribution in [0.1, 0.15) is 33.3 Å². The van der Waals surface area contributed by atoms with Crippen LogP contribution in [0.15, 0.2) is 73.1 Å². The molecule has 180 valence electrons. The van der Waals surface area contributed by atoms with Gasteiger partial charge in [-0.1, -0.05) is 42.5 Å². The Hall–Kier alpha value is -3.69. The number of carbonyl (C=O) groups is 1. The summed E-state index contributed by atoms with van der Waals surface area (Å²) in [5.74, 6) is 0.429. The van der Waals surface area contributed by atoms with E-state index in [1.54, 1.807) is 20.2 Å². The molecule has 0 saturated heterocycles. The van der Waals surface area contributed by atoms with E-state index in [0.29, 0.717) is 28.8 Å². The van der Waals surface area contributed by atoms with Crippen LogP contribution in [0.3, 0.4) is 0 Å². The van der Waals surface area contributed by atoms with Crippen molar-refractivity contribution in [2.45, 2.75) is 19.9 Å². The van der Waals surface area contributed by atoms with Gasteiger partial charge in [0, 0.05) is 17.5 Å². The fourth-order valence-electron chi connectivity index (χ4n) is 3.52. The maximum Gasteiger partial charge on any atom is 0.341 e. The highest BCUT2D eigenvalue weighted by Crippen LogP contribution is 2.31.